The number of nitrogens with zero attached hydrogens (tertiary/aromatic N) is 3. The summed E-state index contributed by atoms with van der Waals surface area (Å²) in [6.45, 7) is 19.7. The highest BCUT2D eigenvalue weighted by molar-refractivity contribution is 6.09. The van der Waals surface area contributed by atoms with Crippen LogP contribution in [0.15, 0.2) is 213 Å². The molecule has 1 aliphatic carbocycles. The minimum absolute atomic E-state index is 0.200. The van der Waals surface area contributed by atoms with Crippen LogP contribution < -0.4 is 4.90 Å². The van der Waals surface area contributed by atoms with E-state index in [1.807, 2.05) is 50.2 Å². The largest absolute Gasteiger partial charge is 0.296 e. The Morgan fingerprint density at radius 3 is 1.78 bits per heavy atom. The molecule has 2 heterocycles. The van der Waals surface area contributed by atoms with Gasteiger partial charge in [0.1, 0.15) is 5.69 Å². The molecule has 0 fully saturated rings. The van der Waals surface area contributed by atoms with E-state index in [0.717, 1.165) is 34.5 Å². The lowest BCUT2D eigenvalue weighted by Crippen LogP contribution is -2.18. The molecule has 0 N–H and O–H groups in total. The summed E-state index contributed by atoms with van der Waals surface area (Å²) in [5.74, 6) is 1.07. The molecule has 0 amide bonds. The number of para-hydroxylation sites is 2. The summed E-state index contributed by atoms with van der Waals surface area (Å²) in [6.07, 6.45) is 11.1. The maximum atomic E-state index is 5.57. The van der Waals surface area contributed by atoms with Gasteiger partial charge in [0.25, 0.3) is 0 Å². The lowest BCUT2D eigenvalue weighted by molar-refractivity contribution is 0.822. The summed E-state index contributed by atoms with van der Waals surface area (Å²) in [5, 5.41) is 5.11. The summed E-state index contributed by atoms with van der Waals surface area (Å²) in [6, 6.07) is 58.0. The molecule has 320 valence electrons. The van der Waals surface area contributed by atoms with Crippen LogP contribution in [0.2, 0.25) is 0 Å². The molecule has 3 heteroatoms. The van der Waals surface area contributed by atoms with Crippen LogP contribution in [-0.2, 0) is 0 Å². The SMILES string of the molecule is C=CC=C.CC.Cc1ccccc1-c1cccc(-c2nc3ccccc3nc2N2C3=CC=CCC3c3c2c(C)c(-c2cc4ccccc4cc2C)c2ccccc32)c1C.c1ccccc1. The number of hydrogen-bond acceptors (Lipinski definition) is 3. The summed E-state index contributed by atoms with van der Waals surface area (Å²) in [5.41, 5.74) is 17.6. The van der Waals surface area contributed by atoms with Crippen LogP contribution in [0.3, 0.4) is 0 Å². The third-order valence-electron chi connectivity index (χ3n) is 12.4. The average molecular weight is 844 g/mol. The number of rotatable bonds is 5. The second-order valence-corrected chi connectivity index (χ2v) is 16.3. The molecule has 11 rings (SSSR count). The third-order valence-corrected chi connectivity index (χ3v) is 12.4. The van der Waals surface area contributed by atoms with E-state index in [0.29, 0.717) is 0 Å². The first kappa shape index (κ1) is 44.0. The van der Waals surface area contributed by atoms with Crippen LogP contribution in [0.25, 0.3) is 66.1 Å². The molecule has 1 unspecified atom stereocenters. The number of benzene rings is 8. The van der Waals surface area contributed by atoms with Gasteiger partial charge in [-0.2, -0.15) is 0 Å². The molecule has 0 spiro atoms. The van der Waals surface area contributed by atoms with Crippen LogP contribution in [0.1, 0.15) is 54.0 Å². The van der Waals surface area contributed by atoms with Gasteiger partial charge in [-0.05, 0) is 130 Å². The molecule has 0 bridgehead atoms. The minimum atomic E-state index is 0.200. The quantitative estimate of drug-likeness (QED) is 0.162. The van der Waals surface area contributed by atoms with Gasteiger partial charge in [-0.3, -0.25) is 4.90 Å². The summed E-state index contributed by atoms with van der Waals surface area (Å²) >= 11 is 0. The number of aryl methyl sites for hydroxylation is 2. The lowest BCUT2D eigenvalue weighted by atomic mass is 9.83. The van der Waals surface area contributed by atoms with Gasteiger partial charge in [-0.1, -0.05) is 197 Å². The molecule has 3 nitrogen and oxygen atoms in total. The van der Waals surface area contributed by atoms with Crippen molar-refractivity contribution >= 4 is 44.1 Å². The fourth-order valence-corrected chi connectivity index (χ4v) is 9.44. The van der Waals surface area contributed by atoms with Crippen molar-refractivity contribution in [2.45, 2.75) is 53.9 Å². The highest BCUT2D eigenvalue weighted by atomic mass is 15.2. The molecule has 2 aliphatic rings. The zero-order chi connectivity index (χ0) is 45.5. The zero-order valence-corrected chi connectivity index (χ0v) is 38.5. The highest BCUT2D eigenvalue weighted by Gasteiger charge is 2.41. The molecule has 0 saturated carbocycles. The highest BCUT2D eigenvalue weighted by Crippen LogP contribution is 2.58. The van der Waals surface area contributed by atoms with Crippen molar-refractivity contribution in [2.75, 3.05) is 4.90 Å². The van der Waals surface area contributed by atoms with E-state index in [4.69, 9.17) is 9.97 Å². The maximum absolute atomic E-state index is 5.57. The molecule has 8 aromatic carbocycles. The maximum Gasteiger partial charge on any atom is 0.164 e. The van der Waals surface area contributed by atoms with Crippen molar-refractivity contribution < 1.29 is 0 Å². The van der Waals surface area contributed by atoms with E-state index >= 15 is 0 Å². The van der Waals surface area contributed by atoms with E-state index < -0.39 is 0 Å². The number of anilines is 2. The smallest absolute Gasteiger partial charge is 0.164 e. The number of fused-ring (bicyclic) bond motifs is 7. The van der Waals surface area contributed by atoms with Gasteiger partial charge < -0.3 is 0 Å². The third kappa shape index (κ3) is 8.46. The van der Waals surface area contributed by atoms with Crippen LogP contribution in [0.4, 0.5) is 11.5 Å². The molecular formula is C62H57N3. The fraction of sp³-hybridized carbons (Fsp3) is 0.129. The summed E-state index contributed by atoms with van der Waals surface area (Å²) in [7, 11) is 0. The second kappa shape index (κ2) is 19.8. The summed E-state index contributed by atoms with van der Waals surface area (Å²) in [4.78, 5) is 13.5. The van der Waals surface area contributed by atoms with Gasteiger partial charge in [0.15, 0.2) is 5.82 Å². The first-order valence-corrected chi connectivity index (χ1v) is 22.8. The van der Waals surface area contributed by atoms with Crippen molar-refractivity contribution in [3.8, 4) is 33.5 Å². The van der Waals surface area contributed by atoms with Gasteiger partial charge in [-0.25, -0.2) is 9.97 Å². The van der Waals surface area contributed by atoms with Crippen LogP contribution in [-0.4, -0.2) is 9.97 Å². The molecular weight excluding hydrogens is 787 g/mol. The van der Waals surface area contributed by atoms with Crippen molar-refractivity contribution in [2.24, 2.45) is 0 Å². The molecule has 0 saturated heterocycles. The normalized spacial score (nSPS) is 13.3. The Morgan fingerprint density at radius 2 is 1.11 bits per heavy atom. The van der Waals surface area contributed by atoms with Gasteiger partial charge in [0.05, 0.1) is 16.7 Å². The molecule has 1 atom stereocenters. The van der Waals surface area contributed by atoms with Crippen molar-refractivity contribution in [3.05, 3.63) is 241 Å². The first-order valence-electron chi connectivity index (χ1n) is 22.8. The number of hydrogen-bond donors (Lipinski definition) is 0. The average Bonchev–Trinajstić information content (AvgIpc) is 3.71. The number of aromatic nitrogens is 2. The lowest BCUT2D eigenvalue weighted by Gasteiger charge is -2.28. The van der Waals surface area contributed by atoms with E-state index in [1.54, 1.807) is 12.2 Å². The molecule has 65 heavy (non-hydrogen) atoms. The predicted octanol–water partition coefficient (Wildman–Crippen LogP) is 17.3. The standard InChI is InChI=1S/C50H39N3.C6H6.C4H6.C2H6/c1-30-16-5-8-19-36(30)37-23-15-24-38(32(37)3)48-50(52-44-26-13-12-25-43(44)51-48)53-45-27-14-11-22-41(45)47-40-21-10-9-20-39(40)46(33(4)49(47)53)42-29-35-18-7-6-17-34(35)28-31(42)2;1-2-4-6-5-3-1;1-3-4-2;1-2/h5-21,23-29,41H,22H2,1-4H3;1-6H;3-4H,1-2H2;1-2H3. The second-order valence-electron chi connectivity index (χ2n) is 16.3. The van der Waals surface area contributed by atoms with Gasteiger partial charge in [-0.15, -0.1) is 0 Å². The predicted molar refractivity (Wildman–Crippen MR) is 281 cm³/mol. The van der Waals surface area contributed by atoms with Gasteiger partial charge in [0, 0.05) is 17.2 Å². The zero-order valence-electron chi connectivity index (χ0n) is 38.5. The van der Waals surface area contributed by atoms with Crippen LogP contribution >= 0.6 is 0 Å². The summed E-state index contributed by atoms with van der Waals surface area (Å²) < 4.78 is 0. The Bertz CT molecular complexity index is 3210. The van der Waals surface area contributed by atoms with Crippen molar-refractivity contribution in [3.63, 3.8) is 0 Å². The van der Waals surface area contributed by atoms with E-state index in [-0.39, 0.29) is 5.92 Å². The van der Waals surface area contributed by atoms with Crippen LogP contribution in [0, 0.1) is 27.7 Å². The Kier molecular flexibility index (Phi) is 13.4. The minimum Gasteiger partial charge on any atom is -0.296 e. The monoisotopic (exact) mass is 843 g/mol. The Hall–Kier alpha value is -7.62. The first-order chi connectivity index (χ1) is 31.9. The van der Waals surface area contributed by atoms with Crippen molar-refractivity contribution in [1.29, 1.82) is 0 Å². The fourth-order valence-electron chi connectivity index (χ4n) is 9.44. The van der Waals surface area contributed by atoms with E-state index in [9.17, 15) is 0 Å². The Labute approximate surface area is 385 Å². The Morgan fingerprint density at radius 1 is 0.538 bits per heavy atom. The topological polar surface area (TPSA) is 29.0 Å². The number of allylic oxidation sites excluding steroid dienone is 6. The molecule has 0 radical (unpaired) electrons. The van der Waals surface area contributed by atoms with Gasteiger partial charge in [0.2, 0.25) is 0 Å². The van der Waals surface area contributed by atoms with Crippen molar-refractivity contribution in [1.82, 2.24) is 9.97 Å². The van der Waals surface area contributed by atoms with Gasteiger partial charge >= 0.3 is 0 Å². The van der Waals surface area contributed by atoms with E-state index in [1.165, 1.54) is 83.0 Å². The Balaban J connectivity index is 0.000000427. The molecule has 9 aromatic rings. The van der Waals surface area contributed by atoms with Crippen LogP contribution in [0.5, 0.6) is 0 Å². The molecule has 1 aromatic heterocycles. The van der Waals surface area contributed by atoms with E-state index in [2.05, 4.69) is 191 Å². The molecule has 1 aliphatic heterocycles.